The van der Waals surface area contributed by atoms with Gasteiger partial charge >= 0.3 is 0 Å². The Labute approximate surface area is 203 Å². The number of aryl methyl sites for hydroxylation is 1. The van der Waals surface area contributed by atoms with Crippen LogP contribution in [-0.4, -0.2) is 70.3 Å². The van der Waals surface area contributed by atoms with Crippen molar-refractivity contribution in [3.05, 3.63) is 60.6 Å². The molecule has 1 aromatic carbocycles. The van der Waals surface area contributed by atoms with E-state index >= 15 is 0 Å². The molecule has 0 saturated carbocycles. The molecule has 0 unspecified atom stereocenters. The highest BCUT2D eigenvalue weighted by atomic mass is 16.5. The number of aromatic nitrogens is 5. The van der Waals surface area contributed by atoms with Crippen molar-refractivity contribution in [2.24, 2.45) is 0 Å². The lowest BCUT2D eigenvalue weighted by molar-refractivity contribution is -0.113. The molecule has 3 aromatic heterocycles. The minimum atomic E-state index is -0.137. The second-order valence-corrected chi connectivity index (χ2v) is 8.34. The van der Waals surface area contributed by atoms with Crippen molar-refractivity contribution in [1.29, 1.82) is 0 Å². The molecule has 180 valence electrons. The van der Waals surface area contributed by atoms with Gasteiger partial charge in [0.2, 0.25) is 5.91 Å². The van der Waals surface area contributed by atoms with Gasteiger partial charge in [-0.25, -0.2) is 15.0 Å². The number of pyridine rings is 1. The lowest BCUT2D eigenvalue weighted by Gasteiger charge is -2.15. The Balaban J connectivity index is 1.71. The van der Waals surface area contributed by atoms with Gasteiger partial charge in [0, 0.05) is 25.2 Å². The Morgan fingerprint density at radius 1 is 1.14 bits per heavy atom. The number of benzene rings is 1. The van der Waals surface area contributed by atoms with Crippen molar-refractivity contribution < 1.29 is 9.53 Å². The minimum absolute atomic E-state index is 0.137. The maximum Gasteiger partial charge on any atom is 0.250 e. The fourth-order valence-electron chi connectivity index (χ4n) is 3.61. The largest absolute Gasteiger partial charge is 0.496 e. The van der Waals surface area contributed by atoms with E-state index in [9.17, 15) is 4.79 Å². The van der Waals surface area contributed by atoms with Crippen molar-refractivity contribution in [3.8, 4) is 22.8 Å². The van der Waals surface area contributed by atoms with Crippen LogP contribution in [0.15, 0.2) is 55.0 Å². The summed E-state index contributed by atoms with van der Waals surface area (Å²) in [6.07, 6.45) is 6.40. The van der Waals surface area contributed by atoms with E-state index in [2.05, 4.69) is 15.0 Å². The van der Waals surface area contributed by atoms with Crippen LogP contribution in [0, 0.1) is 6.92 Å². The van der Waals surface area contributed by atoms with Crippen molar-refractivity contribution >= 4 is 28.4 Å². The number of carbonyl (C=O) groups excluding carboxylic acids is 1. The fraction of sp³-hybridized carbons (Fsp3) is 0.240. The van der Waals surface area contributed by atoms with E-state index in [0.29, 0.717) is 40.6 Å². The van der Waals surface area contributed by atoms with Gasteiger partial charge in [0.25, 0.3) is 0 Å². The van der Waals surface area contributed by atoms with Crippen LogP contribution in [-0.2, 0) is 4.79 Å². The first-order chi connectivity index (χ1) is 16.8. The summed E-state index contributed by atoms with van der Waals surface area (Å²) in [5, 5.41) is 5.41. The zero-order valence-electron chi connectivity index (χ0n) is 20.4. The van der Waals surface area contributed by atoms with E-state index in [1.165, 1.54) is 11.2 Å². The number of nitrogens with two attached hydrogens (primary N) is 1. The average molecular weight is 473 g/mol. The summed E-state index contributed by atoms with van der Waals surface area (Å²) in [6.45, 7) is 2.66. The summed E-state index contributed by atoms with van der Waals surface area (Å²) in [6, 6.07) is 9.43. The van der Waals surface area contributed by atoms with Crippen molar-refractivity contribution in [1.82, 2.24) is 29.6 Å². The van der Waals surface area contributed by atoms with E-state index in [1.807, 2.05) is 56.3 Å². The molecule has 0 saturated heterocycles. The van der Waals surface area contributed by atoms with Crippen molar-refractivity contribution in [3.63, 3.8) is 0 Å². The maximum atomic E-state index is 12.5. The number of nitrogens with zero attached hydrogens (tertiary/aromatic N) is 7. The molecule has 0 atom stereocenters. The number of hydrogen-bond acceptors (Lipinski definition) is 8. The van der Waals surface area contributed by atoms with E-state index in [1.54, 1.807) is 37.2 Å². The van der Waals surface area contributed by atoms with Gasteiger partial charge in [-0.15, -0.1) is 0 Å². The monoisotopic (exact) mass is 472 g/mol. The van der Waals surface area contributed by atoms with Gasteiger partial charge in [-0.2, -0.15) is 9.78 Å². The summed E-state index contributed by atoms with van der Waals surface area (Å²) < 4.78 is 7.11. The number of carbonyl (C=O) groups is 1. The predicted molar refractivity (Wildman–Crippen MR) is 137 cm³/mol. The number of hydrogen-bond donors (Lipinski definition) is 1. The van der Waals surface area contributed by atoms with Crippen molar-refractivity contribution in [2.45, 2.75) is 6.92 Å². The lowest BCUT2D eigenvalue weighted by Crippen LogP contribution is -2.24. The molecule has 0 aliphatic heterocycles. The Bertz CT molecular complexity index is 1390. The number of likely N-dealkylation sites (N-methyl/N-ethyl adjacent to an activating group) is 2. The molecular formula is C25H28N8O2. The molecule has 10 heteroatoms. The number of nitrogen functional groups attached to an aromatic ring is 1. The molecule has 0 spiro atoms. The van der Waals surface area contributed by atoms with Gasteiger partial charge in [0.1, 0.15) is 23.6 Å². The van der Waals surface area contributed by atoms with Gasteiger partial charge < -0.3 is 20.3 Å². The Hall–Kier alpha value is -4.31. The average Bonchev–Trinajstić information content (AvgIpc) is 3.24. The molecule has 35 heavy (non-hydrogen) atoms. The normalized spacial score (nSPS) is 11.5. The van der Waals surface area contributed by atoms with E-state index in [-0.39, 0.29) is 5.91 Å². The van der Waals surface area contributed by atoms with Crippen LogP contribution < -0.4 is 15.4 Å². The molecule has 4 aromatic rings. The molecular weight excluding hydrogens is 444 g/mol. The topological polar surface area (TPSA) is 115 Å². The first-order valence-corrected chi connectivity index (χ1v) is 11.0. The Kier molecular flexibility index (Phi) is 6.74. The number of fused-ring (bicyclic) bond motifs is 1. The van der Waals surface area contributed by atoms with Crippen LogP contribution in [0.1, 0.15) is 5.56 Å². The zero-order valence-corrected chi connectivity index (χ0v) is 20.4. The first kappa shape index (κ1) is 23.8. The van der Waals surface area contributed by atoms with Gasteiger partial charge in [-0.1, -0.05) is 18.2 Å². The molecule has 0 aliphatic rings. The maximum absolute atomic E-state index is 12.5. The summed E-state index contributed by atoms with van der Waals surface area (Å²) in [7, 11) is 7.23. The van der Waals surface area contributed by atoms with Crippen molar-refractivity contribution in [2.75, 3.05) is 45.4 Å². The third kappa shape index (κ3) is 4.82. The smallest absolute Gasteiger partial charge is 0.250 e. The molecule has 0 fully saturated rings. The van der Waals surface area contributed by atoms with Crippen LogP contribution in [0.3, 0.4) is 0 Å². The molecule has 3 heterocycles. The van der Waals surface area contributed by atoms with Gasteiger partial charge in [-0.05, 0) is 44.8 Å². The van der Waals surface area contributed by atoms with Crippen LogP contribution >= 0.6 is 0 Å². The predicted octanol–water partition coefficient (Wildman–Crippen LogP) is 2.86. The quantitative estimate of drug-likeness (QED) is 0.408. The first-order valence-electron chi connectivity index (χ1n) is 11.0. The number of methoxy groups -OCH3 is 1. The van der Waals surface area contributed by atoms with E-state index in [0.717, 1.165) is 16.9 Å². The zero-order chi connectivity index (χ0) is 25.1. The highest BCUT2D eigenvalue weighted by Gasteiger charge is 2.20. The molecule has 0 aliphatic carbocycles. The second kappa shape index (κ2) is 9.90. The molecule has 0 bridgehead atoms. The highest BCUT2D eigenvalue weighted by molar-refractivity contribution is 6.01. The highest BCUT2D eigenvalue weighted by Crippen LogP contribution is 2.34. The molecule has 2 N–H and O–H groups in total. The standard InChI is InChI=1S/C25H28N8O2/c1-16-8-9-17(13-19(16)35-5)23-22-24(26)28-15-29-25(22)33(30-23)20-11-10-18(14-27-20)32(4)21(34)7-6-12-31(2)3/h6-11,13-15H,12H2,1-5H3,(H2,26,28,29). The van der Waals surface area contributed by atoms with E-state index < -0.39 is 0 Å². The number of amides is 1. The molecule has 0 radical (unpaired) electrons. The van der Waals surface area contributed by atoms with E-state index in [4.69, 9.17) is 15.6 Å². The third-order valence-corrected chi connectivity index (χ3v) is 5.57. The molecule has 4 rings (SSSR count). The summed E-state index contributed by atoms with van der Waals surface area (Å²) >= 11 is 0. The van der Waals surface area contributed by atoms with Crippen LogP contribution in [0.25, 0.3) is 28.1 Å². The van der Waals surface area contributed by atoms with Crippen LogP contribution in [0.5, 0.6) is 5.75 Å². The number of anilines is 2. The second-order valence-electron chi connectivity index (χ2n) is 8.34. The van der Waals surface area contributed by atoms with Gasteiger partial charge in [0.05, 0.1) is 24.4 Å². The minimum Gasteiger partial charge on any atom is -0.496 e. The summed E-state index contributed by atoms with van der Waals surface area (Å²) in [4.78, 5) is 29.1. The van der Waals surface area contributed by atoms with Gasteiger partial charge in [0.15, 0.2) is 11.5 Å². The summed E-state index contributed by atoms with van der Waals surface area (Å²) in [5.74, 6) is 1.46. The fourth-order valence-corrected chi connectivity index (χ4v) is 3.61. The Morgan fingerprint density at radius 3 is 2.63 bits per heavy atom. The Morgan fingerprint density at radius 2 is 1.94 bits per heavy atom. The summed E-state index contributed by atoms with van der Waals surface area (Å²) in [5.41, 5.74) is 9.88. The molecule has 10 nitrogen and oxygen atoms in total. The number of ether oxygens (including phenoxy) is 1. The molecule has 1 amide bonds. The van der Waals surface area contributed by atoms with Crippen LogP contribution in [0.4, 0.5) is 11.5 Å². The number of rotatable bonds is 7. The van der Waals surface area contributed by atoms with Crippen LogP contribution in [0.2, 0.25) is 0 Å². The SMILES string of the molecule is COc1cc(-c2nn(-c3ccc(N(C)C(=O)C=CCN(C)C)cn3)c3ncnc(N)c23)ccc1C. The van der Waals surface area contributed by atoms with Gasteiger partial charge in [-0.3, -0.25) is 4.79 Å². The third-order valence-electron chi connectivity index (χ3n) is 5.57. The lowest BCUT2D eigenvalue weighted by atomic mass is 10.1.